The predicted octanol–water partition coefficient (Wildman–Crippen LogP) is 4.77. The summed E-state index contributed by atoms with van der Waals surface area (Å²) in [7, 11) is 1.36. The van der Waals surface area contributed by atoms with Crippen molar-refractivity contribution < 1.29 is 28.9 Å². The predicted molar refractivity (Wildman–Crippen MR) is 134 cm³/mol. The van der Waals surface area contributed by atoms with Gasteiger partial charge in [0.25, 0.3) is 11.7 Å². The van der Waals surface area contributed by atoms with E-state index in [0.29, 0.717) is 11.3 Å². The lowest BCUT2D eigenvalue weighted by Gasteiger charge is -2.26. The van der Waals surface area contributed by atoms with Crippen LogP contribution in [-0.2, 0) is 9.59 Å². The van der Waals surface area contributed by atoms with Gasteiger partial charge in [-0.15, -0.1) is 0 Å². The van der Waals surface area contributed by atoms with Crippen molar-refractivity contribution >= 4 is 28.8 Å². The minimum atomic E-state index is -1.00. The Morgan fingerprint density at radius 1 is 0.944 bits per heavy atom. The summed E-state index contributed by atoms with van der Waals surface area (Å²) in [6, 6.07) is 16.0. The molecule has 2 aliphatic heterocycles. The maximum Gasteiger partial charge on any atom is 0.300 e. The number of carbonyl (C=O) groups is 2. The van der Waals surface area contributed by atoms with Gasteiger partial charge in [-0.25, -0.2) is 4.39 Å². The number of phenols is 1. The van der Waals surface area contributed by atoms with Crippen molar-refractivity contribution in [3.8, 4) is 11.5 Å². The fourth-order valence-electron chi connectivity index (χ4n) is 4.88. The van der Waals surface area contributed by atoms with Crippen molar-refractivity contribution in [3.05, 3.63) is 89.2 Å². The lowest BCUT2D eigenvalue weighted by molar-refractivity contribution is -0.132. The Labute approximate surface area is 207 Å². The summed E-state index contributed by atoms with van der Waals surface area (Å²) in [5, 5.41) is 21.1. The van der Waals surface area contributed by atoms with E-state index in [1.54, 1.807) is 24.3 Å². The van der Waals surface area contributed by atoms with Gasteiger partial charge in [0.2, 0.25) is 0 Å². The summed E-state index contributed by atoms with van der Waals surface area (Å²) >= 11 is 0. The monoisotopic (exact) mass is 488 g/mol. The molecule has 36 heavy (non-hydrogen) atoms. The highest BCUT2D eigenvalue weighted by molar-refractivity contribution is 6.51. The molecule has 2 heterocycles. The van der Waals surface area contributed by atoms with Gasteiger partial charge in [-0.3, -0.25) is 14.5 Å². The van der Waals surface area contributed by atoms with E-state index < -0.39 is 29.3 Å². The molecule has 0 spiro atoms. The molecule has 0 aromatic heterocycles. The molecule has 1 unspecified atom stereocenters. The zero-order chi connectivity index (χ0) is 25.4. The van der Waals surface area contributed by atoms with Crippen molar-refractivity contribution in [2.45, 2.75) is 18.9 Å². The third kappa shape index (κ3) is 4.04. The maximum absolute atomic E-state index is 14.1. The van der Waals surface area contributed by atoms with Crippen LogP contribution in [0.4, 0.5) is 15.8 Å². The molecule has 0 aliphatic carbocycles. The molecule has 2 N–H and O–H groups in total. The van der Waals surface area contributed by atoms with Crippen LogP contribution in [0.25, 0.3) is 5.76 Å². The van der Waals surface area contributed by atoms with Crippen LogP contribution in [0.2, 0.25) is 0 Å². The van der Waals surface area contributed by atoms with E-state index in [2.05, 4.69) is 4.90 Å². The number of hydrogen-bond donors (Lipinski definition) is 2. The molecule has 0 bridgehead atoms. The number of ketones is 1. The summed E-state index contributed by atoms with van der Waals surface area (Å²) in [4.78, 5) is 30.2. The third-order valence-electron chi connectivity index (χ3n) is 6.67. The zero-order valence-corrected chi connectivity index (χ0v) is 19.6. The van der Waals surface area contributed by atoms with Crippen LogP contribution in [-0.4, -0.2) is 42.1 Å². The number of Topliss-reactive ketones (excluding diaryl/α,β-unsaturated/α-hetero) is 1. The van der Waals surface area contributed by atoms with Crippen LogP contribution >= 0.6 is 0 Å². The molecular formula is C28H25FN2O5. The van der Waals surface area contributed by atoms with E-state index in [4.69, 9.17) is 4.74 Å². The van der Waals surface area contributed by atoms with Crippen LogP contribution in [0.1, 0.15) is 30.0 Å². The van der Waals surface area contributed by atoms with Gasteiger partial charge in [0.1, 0.15) is 23.1 Å². The Morgan fingerprint density at radius 2 is 1.58 bits per heavy atom. The number of carbonyl (C=O) groups excluding carboxylic acids is 2. The second-order valence-electron chi connectivity index (χ2n) is 8.82. The number of benzene rings is 3. The molecule has 3 aromatic carbocycles. The van der Waals surface area contributed by atoms with Crippen LogP contribution in [0.15, 0.2) is 72.3 Å². The van der Waals surface area contributed by atoms with Gasteiger partial charge < -0.3 is 19.8 Å². The number of hydrogen-bond acceptors (Lipinski definition) is 6. The Hall–Kier alpha value is -4.33. The second kappa shape index (κ2) is 9.37. The van der Waals surface area contributed by atoms with Crippen molar-refractivity contribution in [2.75, 3.05) is 30.0 Å². The molecule has 184 valence electrons. The largest absolute Gasteiger partial charge is 0.508 e. The lowest BCUT2D eigenvalue weighted by Crippen LogP contribution is -2.29. The molecule has 5 rings (SSSR count). The number of ether oxygens (including phenoxy) is 1. The first-order chi connectivity index (χ1) is 17.4. The van der Waals surface area contributed by atoms with Crippen molar-refractivity contribution in [3.63, 3.8) is 0 Å². The number of aliphatic hydroxyl groups is 1. The quantitative estimate of drug-likeness (QED) is 0.306. The van der Waals surface area contributed by atoms with Gasteiger partial charge in [-0.2, -0.15) is 0 Å². The minimum absolute atomic E-state index is 0.0115. The fourth-order valence-corrected chi connectivity index (χ4v) is 4.88. The van der Waals surface area contributed by atoms with Crippen LogP contribution in [0, 0.1) is 5.82 Å². The van der Waals surface area contributed by atoms with Gasteiger partial charge >= 0.3 is 0 Å². The standard InChI is InChI=1S/C28H25FN2O5/c1-36-23-13-6-18(29)16-22(23)26(33)24-25(17-4-11-21(32)12-5-17)31(28(35)27(24)34)20-9-7-19(8-10-20)30-14-2-3-15-30/h4-13,16,25,32-33H,2-3,14-15H2,1H3/b26-24+. The number of aromatic hydroxyl groups is 1. The number of halogens is 1. The molecule has 3 aromatic rings. The highest BCUT2D eigenvalue weighted by atomic mass is 19.1. The number of anilines is 2. The first kappa shape index (κ1) is 23.4. The topological polar surface area (TPSA) is 90.3 Å². The fraction of sp³-hybridized carbons (Fsp3) is 0.214. The van der Waals surface area contributed by atoms with Crippen molar-refractivity contribution in [1.82, 2.24) is 0 Å². The van der Waals surface area contributed by atoms with E-state index in [1.807, 2.05) is 12.1 Å². The van der Waals surface area contributed by atoms with E-state index >= 15 is 0 Å². The summed E-state index contributed by atoms with van der Waals surface area (Å²) < 4.78 is 19.4. The van der Waals surface area contributed by atoms with Gasteiger partial charge in [0.15, 0.2) is 0 Å². The highest BCUT2D eigenvalue weighted by Gasteiger charge is 2.47. The summed E-state index contributed by atoms with van der Waals surface area (Å²) in [5.74, 6) is -2.74. The third-order valence-corrected chi connectivity index (χ3v) is 6.67. The number of nitrogens with zero attached hydrogens (tertiary/aromatic N) is 2. The first-order valence-corrected chi connectivity index (χ1v) is 11.7. The van der Waals surface area contributed by atoms with Gasteiger partial charge in [0.05, 0.1) is 24.3 Å². The number of phenolic OH excluding ortho intramolecular Hbond substituents is 1. The normalized spacial score (nSPS) is 19.2. The summed E-state index contributed by atoms with van der Waals surface area (Å²) in [6.07, 6.45) is 2.25. The van der Waals surface area contributed by atoms with Crippen LogP contribution < -0.4 is 14.5 Å². The lowest BCUT2D eigenvalue weighted by atomic mass is 9.94. The average molecular weight is 489 g/mol. The van der Waals surface area contributed by atoms with Crippen LogP contribution in [0.5, 0.6) is 11.5 Å². The zero-order valence-electron chi connectivity index (χ0n) is 19.6. The second-order valence-corrected chi connectivity index (χ2v) is 8.82. The maximum atomic E-state index is 14.1. The van der Waals surface area contributed by atoms with E-state index in [9.17, 15) is 24.2 Å². The molecule has 0 radical (unpaired) electrons. The average Bonchev–Trinajstić information content (AvgIpc) is 3.52. The molecule has 1 amide bonds. The Bertz CT molecular complexity index is 1350. The van der Waals surface area contributed by atoms with E-state index in [0.717, 1.165) is 37.7 Å². The Morgan fingerprint density at radius 3 is 2.22 bits per heavy atom. The number of amides is 1. The molecule has 1 atom stereocenters. The van der Waals surface area contributed by atoms with Gasteiger partial charge in [-0.1, -0.05) is 12.1 Å². The van der Waals surface area contributed by atoms with Gasteiger partial charge in [-0.05, 0) is 73.0 Å². The smallest absolute Gasteiger partial charge is 0.300 e. The van der Waals surface area contributed by atoms with Gasteiger partial charge in [0, 0.05) is 24.5 Å². The number of rotatable bonds is 5. The minimum Gasteiger partial charge on any atom is -0.508 e. The Kier molecular flexibility index (Phi) is 6.10. The molecule has 2 aliphatic rings. The summed E-state index contributed by atoms with van der Waals surface area (Å²) in [5.41, 5.74) is 1.76. The molecular weight excluding hydrogens is 463 g/mol. The molecule has 2 saturated heterocycles. The SMILES string of the molecule is COc1ccc(F)cc1/C(O)=C1\C(=O)C(=O)N(c2ccc(N3CCCC3)cc2)C1c1ccc(O)cc1. The Balaban J connectivity index is 1.66. The first-order valence-electron chi connectivity index (χ1n) is 11.7. The molecule has 0 saturated carbocycles. The number of aliphatic hydroxyl groups excluding tert-OH is 1. The molecule has 2 fully saturated rings. The highest BCUT2D eigenvalue weighted by Crippen LogP contribution is 2.44. The van der Waals surface area contributed by atoms with Crippen molar-refractivity contribution in [1.29, 1.82) is 0 Å². The molecule has 8 heteroatoms. The van der Waals surface area contributed by atoms with E-state index in [-0.39, 0.29) is 22.6 Å². The number of methoxy groups -OCH3 is 1. The van der Waals surface area contributed by atoms with Crippen LogP contribution in [0.3, 0.4) is 0 Å². The van der Waals surface area contributed by atoms with E-state index in [1.165, 1.54) is 36.3 Å². The molecule has 7 nitrogen and oxygen atoms in total. The van der Waals surface area contributed by atoms with Crippen molar-refractivity contribution in [2.24, 2.45) is 0 Å². The summed E-state index contributed by atoms with van der Waals surface area (Å²) in [6.45, 7) is 1.93.